The lowest BCUT2D eigenvalue weighted by Gasteiger charge is -2.34. The van der Waals surface area contributed by atoms with Crippen LogP contribution in [0.3, 0.4) is 0 Å². The zero-order valence-electron chi connectivity index (χ0n) is 18.1. The summed E-state index contributed by atoms with van der Waals surface area (Å²) >= 11 is 0. The summed E-state index contributed by atoms with van der Waals surface area (Å²) in [6.07, 6.45) is -0.544. The number of carbonyl (C=O) groups excluding carboxylic acids is 1. The Bertz CT molecular complexity index is 1120. The van der Waals surface area contributed by atoms with Crippen molar-refractivity contribution in [2.45, 2.75) is 25.7 Å². The summed E-state index contributed by atoms with van der Waals surface area (Å²) in [7, 11) is 0. The Hall–Kier alpha value is -3.15. The molecule has 32 heavy (non-hydrogen) atoms. The molecule has 0 unspecified atom stereocenters. The van der Waals surface area contributed by atoms with Gasteiger partial charge in [0.05, 0.1) is 0 Å². The number of carbonyl (C=O) groups is 1. The van der Waals surface area contributed by atoms with Crippen molar-refractivity contribution >= 4 is 6.09 Å². The SMILES string of the molecule is O=C(OC1c2ccccc2-c2ccccc21)N1CCN(Cc2ccc3c(c2)CNC3)CC1. The predicted molar refractivity (Wildman–Crippen MR) is 124 cm³/mol. The van der Waals surface area contributed by atoms with Crippen molar-refractivity contribution in [2.24, 2.45) is 0 Å². The Morgan fingerprint density at radius 1 is 0.844 bits per heavy atom. The third kappa shape index (κ3) is 3.48. The number of benzene rings is 3. The summed E-state index contributed by atoms with van der Waals surface area (Å²) in [5.41, 5.74) is 8.66. The number of nitrogens with one attached hydrogen (secondary N) is 1. The van der Waals surface area contributed by atoms with Crippen molar-refractivity contribution in [3.05, 3.63) is 94.5 Å². The maximum atomic E-state index is 13.0. The molecule has 3 aromatic rings. The highest BCUT2D eigenvalue weighted by atomic mass is 16.6. The molecule has 1 aliphatic carbocycles. The molecule has 0 aromatic heterocycles. The van der Waals surface area contributed by atoms with Gasteiger partial charge in [0, 0.05) is 56.9 Å². The third-order valence-electron chi connectivity index (χ3n) is 6.93. The van der Waals surface area contributed by atoms with Gasteiger partial charge in [0.1, 0.15) is 0 Å². The van der Waals surface area contributed by atoms with Gasteiger partial charge in [0.25, 0.3) is 0 Å². The van der Waals surface area contributed by atoms with E-state index in [0.29, 0.717) is 13.1 Å². The van der Waals surface area contributed by atoms with E-state index in [1.54, 1.807) is 0 Å². The van der Waals surface area contributed by atoms with E-state index >= 15 is 0 Å². The summed E-state index contributed by atoms with van der Waals surface area (Å²) in [4.78, 5) is 17.3. The van der Waals surface area contributed by atoms with E-state index in [1.807, 2.05) is 29.2 Å². The molecule has 1 saturated heterocycles. The summed E-state index contributed by atoms with van der Waals surface area (Å²) in [6, 6.07) is 23.3. The molecule has 0 atom stereocenters. The van der Waals surface area contributed by atoms with Crippen molar-refractivity contribution in [1.29, 1.82) is 0 Å². The number of amides is 1. The second-order valence-electron chi connectivity index (χ2n) is 8.91. The van der Waals surface area contributed by atoms with Crippen LogP contribution in [0.5, 0.6) is 0 Å². The molecule has 0 radical (unpaired) electrons. The van der Waals surface area contributed by atoms with Gasteiger partial charge in [-0.1, -0.05) is 66.7 Å². The molecule has 3 aromatic carbocycles. The second kappa shape index (κ2) is 8.08. The van der Waals surface area contributed by atoms with Crippen LogP contribution in [-0.4, -0.2) is 42.1 Å². The Kier molecular flexibility index (Phi) is 4.93. The van der Waals surface area contributed by atoms with Crippen LogP contribution in [-0.2, 0) is 24.4 Å². The largest absolute Gasteiger partial charge is 0.436 e. The van der Waals surface area contributed by atoms with Crippen molar-refractivity contribution in [3.8, 4) is 11.1 Å². The Morgan fingerprint density at radius 2 is 1.50 bits per heavy atom. The van der Waals surface area contributed by atoms with E-state index in [9.17, 15) is 4.79 Å². The molecule has 0 bridgehead atoms. The van der Waals surface area contributed by atoms with E-state index in [-0.39, 0.29) is 12.2 Å². The van der Waals surface area contributed by atoms with Crippen molar-refractivity contribution < 1.29 is 9.53 Å². The fraction of sp³-hybridized carbons (Fsp3) is 0.296. The molecule has 2 aliphatic heterocycles. The number of hydrogen-bond donors (Lipinski definition) is 1. The van der Waals surface area contributed by atoms with Crippen molar-refractivity contribution in [3.63, 3.8) is 0 Å². The van der Waals surface area contributed by atoms with Gasteiger partial charge >= 0.3 is 6.09 Å². The molecule has 2 heterocycles. The van der Waals surface area contributed by atoms with E-state index in [1.165, 1.54) is 16.7 Å². The molecular weight excluding hydrogens is 398 g/mol. The summed E-state index contributed by atoms with van der Waals surface area (Å²) < 4.78 is 6.07. The Morgan fingerprint density at radius 3 is 2.22 bits per heavy atom. The Balaban J connectivity index is 1.10. The lowest BCUT2D eigenvalue weighted by atomic mass is 10.1. The van der Waals surface area contributed by atoms with Crippen LogP contribution in [0.15, 0.2) is 66.7 Å². The Labute approximate surface area is 188 Å². The van der Waals surface area contributed by atoms with Crippen LogP contribution in [0.4, 0.5) is 4.79 Å². The molecule has 1 amide bonds. The topological polar surface area (TPSA) is 44.8 Å². The molecule has 5 heteroatoms. The molecule has 6 rings (SSSR count). The minimum atomic E-state index is -0.326. The quantitative estimate of drug-likeness (QED) is 0.679. The molecule has 3 aliphatic rings. The van der Waals surface area contributed by atoms with Crippen molar-refractivity contribution in [2.75, 3.05) is 26.2 Å². The van der Waals surface area contributed by atoms with Crippen LogP contribution in [0.1, 0.15) is 33.9 Å². The monoisotopic (exact) mass is 425 g/mol. The highest BCUT2D eigenvalue weighted by molar-refractivity contribution is 5.79. The number of fused-ring (bicyclic) bond motifs is 4. The average Bonchev–Trinajstić information content (AvgIpc) is 3.42. The first-order chi connectivity index (χ1) is 15.8. The first kappa shape index (κ1) is 19.5. The van der Waals surface area contributed by atoms with Gasteiger partial charge in [-0.3, -0.25) is 4.90 Å². The van der Waals surface area contributed by atoms with Crippen LogP contribution >= 0.6 is 0 Å². The lowest BCUT2D eigenvalue weighted by molar-refractivity contribution is 0.0572. The first-order valence-electron chi connectivity index (χ1n) is 11.4. The summed E-state index contributed by atoms with van der Waals surface area (Å²) in [6.45, 7) is 6.00. The predicted octanol–water partition coefficient (Wildman–Crippen LogP) is 4.31. The third-order valence-corrected chi connectivity index (χ3v) is 6.93. The van der Waals surface area contributed by atoms with Gasteiger partial charge in [0.15, 0.2) is 6.10 Å². The van der Waals surface area contributed by atoms with Crippen molar-refractivity contribution in [1.82, 2.24) is 15.1 Å². The number of rotatable bonds is 3. The minimum Gasteiger partial charge on any atom is -0.436 e. The molecule has 1 N–H and O–H groups in total. The van der Waals surface area contributed by atoms with Gasteiger partial charge in [-0.2, -0.15) is 0 Å². The van der Waals surface area contributed by atoms with E-state index in [4.69, 9.17) is 4.74 Å². The lowest BCUT2D eigenvalue weighted by Crippen LogP contribution is -2.48. The van der Waals surface area contributed by atoms with E-state index in [2.05, 4.69) is 52.7 Å². The van der Waals surface area contributed by atoms with Crippen LogP contribution in [0.25, 0.3) is 11.1 Å². The number of ether oxygens (including phenoxy) is 1. The number of piperazine rings is 1. The van der Waals surface area contributed by atoms with E-state index in [0.717, 1.165) is 55.0 Å². The zero-order valence-corrected chi connectivity index (χ0v) is 18.1. The average molecular weight is 426 g/mol. The highest BCUT2D eigenvalue weighted by Gasteiger charge is 2.33. The smallest absolute Gasteiger partial charge is 0.410 e. The zero-order chi connectivity index (χ0) is 21.5. The van der Waals surface area contributed by atoms with Crippen LogP contribution in [0.2, 0.25) is 0 Å². The summed E-state index contributed by atoms with van der Waals surface area (Å²) in [5.74, 6) is 0. The molecule has 5 nitrogen and oxygen atoms in total. The maximum absolute atomic E-state index is 13.0. The fourth-order valence-electron chi connectivity index (χ4n) is 5.20. The first-order valence-corrected chi connectivity index (χ1v) is 11.4. The van der Waals surface area contributed by atoms with E-state index < -0.39 is 0 Å². The van der Waals surface area contributed by atoms with Gasteiger partial charge < -0.3 is 15.0 Å². The summed E-state index contributed by atoms with van der Waals surface area (Å²) in [5, 5.41) is 3.41. The molecular formula is C27H27N3O2. The number of hydrogen-bond acceptors (Lipinski definition) is 4. The molecule has 0 saturated carbocycles. The minimum absolute atomic E-state index is 0.218. The van der Waals surface area contributed by atoms with Gasteiger partial charge in [-0.05, 0) is 27.8 Å². The molecule has 0 spiro atoms. The van der Waals surface area contributed by atoms with Gasteiger partial charge in [0.2, 0.25) is 0 Å². The molecule has 1 fully saturated rings. The standard InChI is InChI=1S/C27H27N3O2/c31-27(32-26-24-7-3-1-5-22(24)23-6-2-4-8-25(23)26)30-13-11-29(12-14-30)18-19-9-10-20-16-28-17-21(20)15-19/h1-10,15,26,28H,11-14,16-18H2. The second-order valence-corrected chi connectivity index (χ2v) is 8.91. The fourth-order valence-corrected chi connectivity index (χ4v) is 5.20. The maximum Gasteiger partial charge on any atom is 0.410 e. The van der Waals surface area contributed by atoms with Crippen LogP contribution in [0, 0.1) is 0 Å². The van der Waals surface area contributed by atoms with Gasteiger partial charge in [-0.15, -0.1) is 0 Å². The van der Waals surface area contributed by atoms with Gasteiger partial charge in [-0.25, -0.2) is 4.79 Å². The normalized spacial score (nSPS) is 17.7. The van der Waals surface area contributed by atoms with Crippen LogP contribution < -0.4 is 5.32 Å². The molecule has 162 valence electrons. The highest BCUT2D eigenvalue weighted by Crippen LogP contribution is 2.45. The number of nitrogens with zero attached hydrogens (tertiary/aromatic N) is 2.